The smallest absolute Gasteiger partial charge is 0.329 e. The highest BCUT2D eigenvalue weighted by Gasteiger charge is 2.45. The number of carboxylic acid groups (broad SMARTS) is 1. The van der Waals surface area contributed by atoms with Gasteiger partial charge in [-0.15, -0.1) is 0 Å². The SMILES string of the molecule is CCC(C)[C@H](NC(=S)Cc1ccccc1F)C(=O)N[C@]1(C(=O)O)CCc2[nH]c3c(Cl)cc(F)cc3c2C1. The van der Waals surface area contributed by atoms with Gasteiger partial charge in [-0.25, -0.2) is 13.6 Å². The van der Waals surface area contributed by atoms with E-state index in [0.717, 1.165) is 5.69 Å². The van der Waals surface area contributed by atoms with Gasteiger partial charge in [0.25, 0.3) is 0 Å². The number of carbonyl (C=O) groups excluding carboxylic acids is 1. The second kappa shape index (κ2) is 10.8. The van der Waals surface area contributed by atoms with E-state index in [2.05, 4.69) is 15.6 Å². The summed E-state index contributed by atoms with van der Waals surface area (Å²) in [5, 5.41) is 16.8. The zero-order valence-corrected chi connectivity index (χ0v) is 22.0. The number of thiocarbonyl (C=S) groups is 1. The quantitative estimate of drug-likeness (QED) is 0.294. The lowest BCUT2D eigenvalue weighted by molar-refractivity contribution is -0.148. The molecule has 1 aromatic heterocycles. The van der Waals surface area contributed by atoms with Crippen molar-refractivity contribution in [1.82, 2.24) is 15.6 Å². The van der Waals surface area contributed by atoms with Gasteiger partial charge in [0.2, 0.25) is 5.91 Å². The lowest BCUT2D eigenvalue weighted by atomic mass is 9.79. The first kappa shape index (κ1) is 27.0. The zero-order valence-electron chi connectivity index (χ0n) is 20.5. The van der Waals surface area contributed by atoms with Crippen molar-refractivity contribution in [2.24, 2.45) is 5.92 Å². The van der Waals surface area contributed by atoms with Crippen LogP contribution in [0.2, 0.25) is 5.02 Å². The molecule has 1 heterocycles. The number of aromatic amines is 1. The minimum Gasteiger partial charge on any atom is -0.479 e. The van der Waals surface area contributed by atoms with Crippen LogP contribution in [0.15, 0.2) is 36.4 Å². The highest BCUT2D eigenvalue weighted by molar-refractivity contribution is 7.80. The molecule has 4 N–H and O–H groups in total. The first-order valence-electron chi connectivity index (χ1n) is 12.1. The summed E-state index contributed by atoms with van der Waals surface area (Å²) in [6.45, 7) is 3.77. The zero-order chi connectivity index (χ0) is 26.9. The maximum absolute atomic E-state index is 14.1. The molecule has 3 atom stereocenters. The molecule has 37 heavy (non-hydrogen) atoms. The van der Waals surface area contributed by atoms with Crippen LogP contribution < -0.4 is 10.6 Å². The van der Waals surface area contributed by atoms with E-state index >= 15 is 0 Å². The van der Waals surface area contributed by atoms with Crippen LogP contribution in [0.5, 0.6) is 0 Å². The maximum atomic E-state index is 14.1. The average Bonchev–Trinajstić information content (AvgIpc) is 3.21. The van der Waals surface area contributed by atoms with E-state index in [1.54, 1.807) is 18.2 Å². The molecular weight excluding hydrogens is 520 g/mol. The van der Waals surface area contributed by atoms with Crippen LogP contribution in [0.4, 0.5) is 8.78 Å². The van der Waals surface area contributed by atoms with E-state index in [0.29, 0.717) is 34.9 Å². The predicted molar refractivity (Wildman–Crippen MR) is 143 cm³/mol. The summed E-state index contributed by atoms with van der Waals surface area (Å²) >= 11 is 11.6. The molecule has 10 heteroatoms. The van der Waals surface area contributed by atoms with E-state index in [1.807, 2.05) is 13.8 Å². The molecule has 2 aromatic carbocycles. The summed E-state index contributed by atoms with van der Waals surface area (Å²) in [4.78, 5) is 29.6. The maximum Gasteiger partial charge on any atom is 0.329 e. The summed E-state index contributed by atoms with van der Waals surface area (Å²) in [5.41, 5.74) is 0.733. The minimum absolute atomic E-state index is 0.0317. The number of aliphatic carboxylic acids is 1. The lowest BCUT2D eigenvalue weighted by Gasteiger charge is -2.36. The number of benzene rings is 2. The van der Waals surface area contributed by atoms with Gasteiger partial charge in [-0.05, 0) is 48.1 Å². The number of H-pyrrole nitrogens is 1. The Morgan fingerprint density at radius 1 is 1.27 bits per heavy atom. The third-order valence-corrected chi connectivity index (χ3v) is 7.75. The topological polar surface area (TPSA) is 94.2 Å². The van der Waals surface area contributed by atoms with Gasteiger partial charge in [0.15, 0.2) is 0 Å². The molecule has 0 bridgehead atoms. The number of halogens is 3. The van der Waals surface area contributed by atoms with Crippen LogP contribution in [0.25, 0.3) is 10.9 Å². The van der Waals surface area contributed by atoms with Crippen LogP contribution in [0.1, 0.15) is 43.5 Å². The average molecular weight is 548 g/mol. The molecule has 1 amide bonds. The van der Waals surface area contributed by atoms with Crippen LogP contribution in [0.3, 0.4) is 0 Å². The Morgan fingerprint density at radius 2 is 2.00 bits per heavy atom. The first-order valence-corrected chi connectivity index (χ1v) is 12.9. The molecule has 0 saturated carbocycles. The van der Waals surface area contributed by atoms with Crippen LogP contribution in [-0.2, 0) is 28.9 Å². The molecular formula is C27H28ClF2N3O3S. The van der Waals surface area contributed by atoms with Gasteiger partial charge in [-0.3, -0.25) is 4.79 Å². The molecule has 1 aliphatic rings. The van der Waals surface area contributed by atoms with Crippen LogP contribution in [0, 0.1) is 17.6 Å². The van der Waals surface area contributed by atoms with Crippen LogP contribution in [-0.4, -0.2) is 38.5 Å². The normalized spacial score (nSPS) is 18.6. The highest BCUT2D eigenvalue weighted by Crippen LogP contribution is 2.37. The fraction of sp³-hybridized carbons (Fsp3) is 0.370. The first-order chi connectivity index (χ1) is 17.5. The molecule has 0 fully saturated rings. The van der Waals surface area contributed by atoms with Crippen molar-refractivity contribution in [1.29, 1.82) is 0 Å². The largest absolute Gasteiger partial charge is 0.479 e. The number of carboxylic acids is 1. The number of carbonyl (C=O) groups is 2. The highest BCUT2D eigenvalue weighted by atomic mass is 35.5. The number of hydrogen-bond donors (Lipinski definition) is 4. The third kappa shape index (κ3) is 5.48. The van der Waals surface area contributed by atoms with Gasteiger partial charge >= 0.3 is 5.97 Å². The van der Waals surface area contributed by atoms with E-state index in [9.17, 15) is 23.5 Å². The Morgan fingerprint density at radius 3 is 2.68 bits per heavy atom. The van der Waals surface area contributed by atoms with Crippen molar-refractivity contribution < 1.29 is 23.5 Å². The van der Waals surface area contributed by atoms with E-state index in [-0.39, 0.29) is 35.2 Å². The van der Waals surface area contributed by atoms with Crippen molar-refractivity contribution in [3.63, 3.8) is 0 Å². The second-order valence-corrected chi connectivity index (χ2v) is 10.5. The number of aromatic nitrogens is 1. The van der Waals surface area contributed by atoms with Crippen molar-refractivity contribution in [3.05, 3.63) is 69.9 Å². The number of amides is 1. The lowest BCUT2D eigenvalue weighted by Crippen LogP contribution is -2.62. The summed E-state index contributed by atoms with van der Waals surface area (Å²) in [6, 6.07) is 7.95. The molecule has 0 spiro atoms. The number of rotatable bonds is 8. The summed E-state index contributed by atoms with van der Waals surface area (Å²) in [7, 11) is 0. The number of fused-ring (bicyclic) bond motifs is 3. The molecule has 4 rings (SSSR count). The summed E-state index contributed by atoms with van der Waals surface area (Å²) in [5.74, 6) is -2.81. The second-order valence-electron chi connectivity index (χ2n) is 9.64. The molecule has 196 valence electrons. The third-order valence-electron chi connectivity index (χ3n) is 7.19. The van der Waals surface area contributed by atoms with Crippen LogP contribution >= 0.6 is 23.8 Å². The molecule has 1 aliphatic carbocycles. The molecule has 0 saturated heterocycles. The number of nitrogens with one attached hydrogen (secondary N) is 3. The summed E-state index contributed by atoms with van der Waals surface area (Å²) < 4.78 is 28.2. The Bertz CT molecular complexity index is 1380. The molecule has 0 aliphatic heterocycles. The minimum atomic E-state index is -1.60. The summed E-state index contributed by atoms with van der Waals surface area (Å²) in [6.07, 6.45) is 1.17. The van der Waals surface area contributed by atoms with Gasteiger partial charge in [0.1, 0.15) is 23.2 Å². The Balaban J connectivity index is 1.59. The van der Waals surface area contributed by atoms with Gasteiger partial charge in [-0.2, -0.15) is 0 Å². The van der Waals surface area contributed by atoms with E-state index in [1.165, 1.54) is 18.2 Å². The monoisotopic (exact) mass is 547 g/mol. The number of hydrogen-bond acceptors (Lipinski definition) is 3. The van der Waals surface area contributed by atoms with E-state index in [4.69, 9.17) is 23.8 Å². The molecule has 0 radical (unpaired) electrons. The Kier molecular flexibility index (Phi) is 7.85. The van der Waals surface area contributed by atoms with Gasteiger partial charge in [0.05, 0.1) is 15.5 Å². The van der Waals surface area contributed by atoms with Gasteiger partial charge in [0, 0.05) is 23.9 Å². The van der Waals surface area contributed by atoms with Gasteiger partial charge in [-0.1, -0.05) is 62.3 Å². The van der Waals surface area contributed by atoms with Crippen molar-refractivity contribution in [3.8, 4) is 0 Å². The predicted octanol–water partition coefficient (Wildman–Crippen LogP) is 5.10. The standard InChI is InChI=1S/C27H28ClF2N3O3S/c1-3-14(2)23(32-22(37)10-15-6-4-5-7-20(15)30)25(34)33-27(26(35)36)9-8-21-18(13-27)17-11-16(29)12-19(28)24(17)31-21/h4-7,11-12,14,23,31H,3,8-10,13H2,1-2H3,(H,32,37)(H,33,34)(H,35,36)/t14?,23-,27+/m0/s1. The van der Waals surface area contributed by atoms with Crippen molar-refractivity contribution in [2.45, 2.75) is 57.5 Å². The fourth-order valence-corrected chi connectivity index (χ4v) is 5.40. The molecule has 6 nitrogen and oxygen atoms in total. The van der Waals surface area contributed by atoms with Crippen molar-refractivity contribution >= 4 is 51.6 Å². The fourth-order valence-electron chi connectivity index (χ4n) is 4.87. The Labute approximate surface area is 223 Å². The Hall–Kier alpha value is -3.04. The van der Waals surface area contributed by atoms with Gasteiger partial charge < -0.3 is 20.7 Å². The molecule has 1 unspecified atom stereocenters. The van der Waals surface area contributed by atoms with E-state index < -0.39 is 35.1 Å². The molecule has 3 aromatic rings. The van der Waals surface area contributed by atoms with Crippen molar-refractivity contribution in [2.75, 3.05) is 0 Å². The number of aryl methyl sites for hydroxylation is 1.